The standard InChI is InChI=1S/C25H29ClN4O4S2/c1-13(2)30(24(32)15-6-4-14(3)5-7-15)19-9-20(36-21(19)25(33)34)16-8-17(26)22(27-10-16)29-23(31)18-11-35-12-28-18/h8-10,12-15,18H,4-7,11H2,1-3H3,(H,33,34)(H,27,29,31)/t14-,15-,18?. The molecule has 36 heavy (non-hydrogen) atoms. The van der Waals surface area contributed by atoms with Crippen molar-refractivity contribution in [2.75, 3.05) is 16.0 Å². The minimum atomic E-state index is -1.09. The number of carboxylic acids is 1. The Bertz CT molecular complexity index is 1190. The molecule has 0 aromatic carbocycles. The maximum Gasteiger partial charge on any atom is 0.348 e. The molecule has 2 amide bonds. The van der Waals surface area contributed by atoms with Gasteiger partial charge in [-0.3, -0.25) is 14.6 Å². The quantitative estimate of drug-likeness (QED) is 0.451. The van der Waals surface area contributed by atoms with Gasteiger partial charge in [-0.25, -0.2) is 9.78 Å². The van der Waals surface area contributed by atoms with Gasteiger partial charge < -0.3 is 15.3 Å². The van der Waals surface area contributed by atoms with Crippen LogP contribution >= 0.6 is 34.7 Å². The summed E-state index contributed by atoms with van der Waals surface area (Å²) in [6, 6.07) is 2.70. The molecule has 3 heterocycles. The molecule has 192 valence electrons. The van der Waals surface area contributed by atoms with Gasteiger partial charge >= 0.3 is 5.97 Å². The van der Waals surface area contributed by atoms with Gasteiger partial charge in [0.05, 0.1) is 16.3 Å². The summed E-state index contributed by atoms with van der Waals surface area (Å²) in [5.41, 5.74) is 2.65. The first kappa shape index (κ1) is 26.6. The van der Waals surface area contributed by atoms with Crippen LogP contribution in [0.3, 0.4) is 0 Å². The van der Waals surface area contributed by atoms with Crippen molar-refractivity contribution in [3.8, 4) is 10.4 Å². The first-order valence-corrected chi connectivity index (χ1v) is 14.2. The minimum absolute atomic E-state index is 0.0225. The fraction of sp³-hybridized carbons (Fsp3) is 0.480. The van der Waals surface area contributed by atoms with Gasteiger partial charge in [-0.1, -0.05) is 18.5 Å². The van der Waals surface area contributed by atoms with E-state index in [-0.39, 0.29) is 39.5 Å². The van der Waals surface area contributed by atoms with Crippen molar-refractivity contribution in [2.24, 2.45) is 16.8 Å². The number of pyridine rings is 1. The molecule has 1 fully saturated rings. The Labute approximate surface area is 223 Å². The molecule has 0 radical (unpaired) electrons. The van der Waals surface area contributed by atoms with Crippen LogP contribution in [0.1, 0.15) is 56.1 Å². The van der Waals surface area contributed by atoms with E-state index < -0.39 is 12.0 Å². The Morgan fingerprint density at radius 2 is 1.92 bits per heavy atom. The molecule has 2 aromatic heterocycles. The Morgan fingerprint density at radius 3 is 2.50 bits per heavy atom. The number of rotatable bonds is 7. The van der Waals surface area contributed by atoms with Gasteiger partial charge in [0.15, 0.2) is 5.82 Å². The van der Waals surface area contributed by atoms with Crippen LogP contribution in [-0.2, 0) is 9.59 Å². The van der Waals surface area contributed by atoms with E-state index >= 15 is 0 Å². The number of anilines is 2. The normalized spacial score (nSPS) is 21.5. The smallest absolute Gasteiger partial charge is 0.348 e. The summed E-state index contributed by atoms with van der Waals surface area (Å²) in [4.78, 5) is 48.8. The van der Waals surface area contributed by atoms with Gasteiger partial charge in [0.25, 0.3) is 5.91 Å². The Morgan fingerprint density at radius 1 is 1.19 bits per heavy atom. The summed E-state index contributed by atoms with van der Waals surface area (Å²) in [6.07, 6.45) is 5.18. The molecule has 8 nitrogen and oxygen atoms in total. The van der Waals surface area contributed by atoms with Crippen molar-refractivity contribution in [2.45, 2.75) is 58.5 Å². The second-order valence-corrected chi connectivity index (χ2v) is 11.9. The highest BCUT2D eigenvalue weighted by atomic mass is 35.5. The van der Waals surface area contributed by atoms with E-state index in [1.165, 1.54) is 11.8 Å². The molecule has 11 heteroatoms. The number of aromatic nitrogens is 1. The molecular formula is C25H29ClN4O4S2. The topological polar surface area (TPSA) is 112 Å². The van der Waals surface area contributed by atoms with Gasteiger partial charge in [-0.05, 0) is 57.6 Å². The first-order valence-electron chi connectivity index (χ1n) is 12.0. The molecule has 1 saturated carbocycles. The molecule has 2 aliphatic rings. The van der Waals surface area contributed by atoms with Crippen LogP contribution in [0.25, 0.3) is 10.4 Å². The number of hydrogen-bond acceptors (Lipinski definition) is 7. The fourth-order valence-electron chi connectivity index (χ4n) is 4.51. The molecule has 1 aliphatic heterocycles. The Hall–Kier alpha value is -2.43. The van der Waals surface area contributed by atoms with E-state index in [2.05, 4.69) is 22.2 Å². The van der Waals surface area contributed by atoms with Gasteiger partial charge in [-0.2, -0.15) is 0 Å². The zero-order valence-corrected chi connectivity index (χ0v) is 22.8. The molecule has 2 N–H and O–H groups in total. The molecule has 0 saturated heterocycles. The second kappa shape index (κ2) is 11.3. The third-order valence-corrected chi connectivity index (χ3v) is 8.75. The minimum Gasteiger partial charge on any atom is -0.477 e. The van der Waals surface area contributed by atoms with Crippen molar-refractivity contribution < 1.29 is 19.5 Å². The summed E-state index contributed by atoms with van der Waals surface area (Å²) in [5, 5.41) is 12.9. The number of aliphatic imine (C=N–C) groups is 1. The van der Waals surface area contributed by atoms with Gasteiger partial charge in [0, 0.05) is 34.4 Å². The number of carbonyl (C=O) groups excluding carboxylic acids is 2. The van der Waals surface area contributed by atoms with Crippen molar-refractivity contribution in [1.29, 1.82) is 0 Å². The van der Waals surface area contributed by atoms with Crippen molar-refractivity contribution in [1.82, 2.24) is 4.98 Å². The zero-order valence-electron chi connectivity index (χ0n) is 20.4. The molecule has 0 spiro atoms. The fourth-order valence-corrected chi connectivity index (χ4v) is 6.43. The Balaban J connectivity index is 1.61. The Kier molecular flexibility index (Phi) is 8.37. The molecule has 2 aromatic rings. The third-order valence-electron chi connectivity index (χ3n) is 6.52. The maximum absolute atomic E-state index is 13.5. The number of carbonyl (C=O) groups is 3. The lowest BCUT2D eigenvalue weighted by Gasteiger charge is -2.33. The summed E-state index contributed by atoms with van der Waals surface area (Å²) in [6.45, 7) is 6.00. The first-order chi connectivity index (χ1) is 17.2. The molecule has 1 atom stereocenters. The monoisotopic (exact) mass is 548 g/mol. The summed E-state index contributed by atoms with van der Waals surface area (Å²) in [5.74, 6) is -0.0940. The van der Waals surface area contributed by atoms with Gasteiger partial charge in [0.1, 0.15) is 10.9 Å². The number of thioether (sulfide) groups is 1. The number of hydrogen-bond donors (Lipinski definition) is 2. The van der Waals surface area contributed by atoms with E-state index in [1.54, 1.807) is 28.8 Å². The van der Waals surface area contributed by atoms with Crippen LogP contribution in [0.2, 0.25) is 5.02 Å². The van der Waals surface area contributed by atoms with Crippen molar-refractivity contribution in [3.05, 3.63) is 28.2 Å². The lowest BCUT2D eigenvalue weighted by Crippen LogP contribution is -2.42. The number of nitrogens with one attached hydrogen (secondary N) is 1. The zero-order chi connectivity index (χ0) is 26.0. The third kappa shape index (κ3) is 5.76. The average Bonchev–Trinajstić information content (AvgIpc) is 3.51. The highest BCUT2D eigenvalue weighted by Gasteiger charge is 2.33. The van der Waals surface area contributed by atoms with Crippen molar-refractivity contribution in [3.63, 3.8) is 0 Å². The van der Waals surface area contributed by atoms with E-state index in [9.17, 15) is 19.5 Å². The van der Waals surface area contributed by atoms with E-state index in [4.69, 9.17) is 11.6 Å². The summed E-state index contributed by atoms with van der Waals surface area (Å²) < 4.78 is 0. The average molecular weight is 549 g/mol. The van der Waals surface area contributed by atoms with Crippen LogP contribution < -0.4 is 10.2 Å². The number of halogens is 1. The molecule has 4 rings (SSSR count). The molecule has 0 bridgehead atoms. The van der Waals surface area contributed by atoms with Crippen LogP contribution in [0.5, 0.6) is 0 Å². The largest absolute Gasteiger partial charge is 0.477 e. The van der Waals surface area contributed by atoms with E-state index in [0.717, 1.165) is 37.0 Å². The predicted molar refractivity (Wildman–Crippen MR) is 147 cm³/mol. The van der Waals surface area contributed by atoms with Crippen molar-refractivity contribution >= 4 is 69.5 Å². The SMILES string of the molecule is CC(C)N(c1cc(-c2cnc(NC(=O)C3CSC=N3)c(Cl)c2)sc1C(=O)O)C(=O)[C@H]1CC[C@H](C)CC1. The van der Waals surface area contributed by atoms with Crippen LogP contribution in [0.4, 0.5) is 11.5 Å². The van der Waals surface area contributed by atoms with Gasteiger partial charge in [-0.15, -0.1) is 23.1 Å². The number of amides is 2. The molecule has 1 unspecified atom stereocenters. The molecular weight excluding hydrogens is 520 g/mol. The lowest BCUT2D eigenvalue weighted by molar-refractivity contribution is -0.124. The lowest BCUT2D eigenvalue weighted by atomic mass is 9.82. The maximum atomic E-state index is 13.5. The van der Waals surface area contributed by atoms with Crippen LogP contribution in [-0.4, -0.2) is 51.3 Å². The number of aromatic carboxylic acids is 1. The van der Waals surface area contributed by atoms with E-state index in [1.807, 2.05) is 13.8 Å². The number of thiophene rings is 1. The molecule has 1 aliphatic carbocycles. The predicted octanol–water partition coefficient (Wildman–Crippen LogP) is 5.81. The van der Waals surface area contributed by atoms with Crippen LogP contribution in [0, 0.1) is 11.8 Å². The van der Waals surface area contributed by atoms with E-state index in [0.29, 0.717) is 27.8 Å². The number of nitrogens with zero attached hydrogens (tertiary/aromatic N) is 3. The number of carboxylic acid groups (broad SMARTS) is 1. The highest BCUT2D eigenvalue weighted by Crippen LogP contribution is 2.40. The van der Waals surface area contributed by atoms with Crippen LogP contribution in [0.15, 0.2) is 23.3 Å². The second-order valence-electron chi connectivity index (χ2n) is 9.54. The van der Waals surface area contributed by atoms with Gasteiger partial charge in [0.2, 0.25) is 5.91 Å². The summed E-state index contributed by atoms with van der Waals surface area (Å²) in [7, 11) is 0. The highest BCUT2D eigenvalue weighted by molar-refractivity contribution is 8.12. The summed E-state index contributed by atoms with van der Waals surface area (Å²) >= 11 is 8.96.